The van der Waals surface area contributed by atoms with E-state index in [-0.39, 0.29) is 0 Å². The molecule has 1 heterocycles. The Bertz CT molecular complexity index is 657. The first-order chi connectivity index (χ1) is 13.2. The molecule has 0 radical (unpaired) electrons. The molecule has 148 valence electrons. The molecule has 0 aromatic heterocycles. The second-order valence-corrected chi connectivity index (χ2v) is 7.76. The predicted molar refractivity (Wildman–Crippen MR) is 111 cm³/mol. The number of likely N-dealkylation sites (tertiary alicyclic amines) is 1. The zero-order chi connectivity index (χ0) is 19.1. The number of nitrogens with zero attached hydrogens (tertiary/aromatic N) is 2. The lowest BCUT2D eigenvalue weighted by atomic mass is 10.0. The van der Waals surface area contributed by atoms with Crippen molar-refractivity contribution in [2.24, 2.45) is 4.99 Å². The highest BCUT2D eigenvalue weighted by atomic mass is 16.2. The van der Waals surface area contributed by atoms with E-state index in [4.69, 9.17) is 4.99 Å². The Morgan fingerprint density at radius 2 is 2.11 bits per heavy atom. The Balaban J connectivity index is 1.46. The van der Waals surface area contributed by atoms with Crippen LogP contribution in [0.2, 0.25) is 0 Å². The molecule has 3 rings (SSSR count). The molecule has 2 fully saturated rings. The van der Waals surface area contributed by atoms with Crippen molar-refractivity contribution in [3.63, 3.8) is 0 Å². The van der Waals surface area contributed by atoms with Crippen molar-refractivity contribution in [2.75, 3.05) is 26.2 Å². The van der Waals surface area contributed by atoms with Crippen molar-refractivity contribution in [2.45, 2.75) is 64.3 Å². The number of amides is 1. The first kappa shape index (κ1) is 19.7. The zero-order valence-electron chi connectivity index (χ0n) is 16.8. The van der Waals surface area contributed by atoms with Gasteiger partial charge in [-0.05, 0) is 50.7 Å². The van der Waals surface area contributed by atoms with E-state index >= 15 is 0 Å². The molecule has 2 unspecified atom stereocenters. The summed E-state index contributed by atoms with van der Waals surface area (Å²) in [6, 6.07) is 9.12. The Labute approximate surface area is 163 Å². The van der Waals surface area contributed by atoms with Gasteiger partial charge in [0.05, 0.1) is 0 Å². The maximum absolute atomic E-state index is 12.1. The first-order valence-electron chi connectivity index (χ1n) is 10.6. The van der Waals surface area contributed by atoms with E-state index in [1.807, 2.05) is 4.90 Å². The van der Waals surface area contributed by atoms with Gasteiger partial charge in [0.2, 0.25) is 5.91 Å². The van der Waals surface area contributed by atoms with Gasteiger partial charge in [0.25, 0.3) is 0 Å². The molecular weight excluding hydrogens is 336 g/mol. The van der Waals surface area contributed by atoms with Crippen LogP contribution in [-0.4, -0.2) is 49.0 Å². The number of guanidine groups is 1. The highest BCUT2D eigenvalue weighted by Crippen LogP contribution is 2.41. The summed E-state index contributed by atoms with van der Waals surface area (Å²) in [5.74, 6) is 1.81. The molecule has 1 saturated heterocycles. The van der Waals surface area contributed by atoms with E-state index in [9.17, 15) is 4.79 Å². The van der Waals surface area contributed by atoms with Crippen molar-refractivity contribution >= 4 is 11.9 Å². The molecule has 1 aromatic rings. The minimum absolute atomic E-state index is 0.320. The lowest BCUT2D eigenvalue weighted by Gasteiger charge is -2.20. The van der Waals surface area contributed by atoms with Crippen LogP contribution in [0.4, 0.5) is 0 Å². The highest BCUT2D eigenvalue weighted by Gasteiger charge is 2.39. The zero-order valence-corrected chi connectivity index (χ0v) is 16.8. The van der Waals surface area contributed by atoms with E-state index in [1.54, 1.807) is 0 Å². The summed E-state index contributed by atoms with van der Waals surface area (Å²) >= 11 is 0. The summed E-state index contributed by atoms with van der Waals surface area (Å²) in [5.41, 5.74) is 2.82. The maximum atomic E-state index is 12.1. The molecule has 1 saturated carbocycles. The average molecular weight is 371 g/mol. The number of aryl methyl sites for hydroxylation is 1. The van der Waals surface area contributed by atoms with E-state index < -0.39 is 0 Å². The monoisotopic (exact) mass is 370 g/mol. The quantitative estimate of drug-likeness (QED) is 0.440. The summed E-state index contributed by atoms with van der Waals surface area (Å²) in [5, 5.41) is 6.94. The maximum Gasteiger partial charge on any atom is 0.222 e. The number of aliphatic imine (C=N–C) groups is 1. The van der Waals surface area contributed by atoms with Gasteiger partial charge in [-0.3, -0.25) is 9.79 Å². The minimum atomic E-state index is 0.320. The third kappa shape index (κ3) is 5.72. The number of rotatable bonds is 7. The van der Waals surface area contributed by atoms with E-state index in [0.29, 0.717) is 17.9 Å². The minimum Gasteiger partial charge on any atom is -0.357 e. The fourth-order valence-electron chi connectivity index (χ4n) is 3.92. The van der Waals surface area contributed by atoms with E-state index in [2.05, 4.69) is 48.7 Å². The first-order valence-corrected chi connectivity index (χ1v) is 10.6. The van der Waals surface area contributed by atoms with Crippen molar-refractivity contribution in [3.8, 4) is 0 Å². The van der Waals surface area contributed by atoms with Crippen LogP contribution in [0.15, 0.2) is 29.3 Å². The van der Waals surface area contributed by atoms with Gasteiger partial charge in [-0.1, -0.05) is 30.7 Å². The van der Waals surface area contributed by atoms with Crippen LogP contribution in [0.3, 0.4) is 0 Å². The molecular formula is C22H34N4O. The fourth-order valence-corrected chi connectivity index (χ4v) is 3.92. The van der Waals surface area contributed by atoms with Gasteiger partial charge >= 0.3 is 0 Å². The van der Waals surface area contributed by atoms with Crippen molar-refractivity contribution in [1.82, 2.24) is 15.5 Å². The summed E-state index contributed by atoms with van der Waals surface area (Å²) in [6.07, 6.45) is 6.17. The molecule has 5 nitrogen and oxygen atoms in total. The van der Waals surface area contributed by atoms with Crippen LogP contribution >= 0.6 is 0 Å². The Hall–Kier alpha value is -2.04. The van der Waals surface area contributed by atoms with Gasteiger partial charge in [0.1, 0.15) is 0 Å². The van der Waals surface area contributed by atoms with Gasteiger partial charge in [-0.15, -0.1) is 0 Å². The molecule has 27 heavy (non-hydrogen) atoms. The number of nitrogens with one attached hydrogen (secondary N) is 2. The number of hydrogen-bond donors (Lipinski definition) is 2. The third-order valence-electron chi connectivity index (χ3n) is 5.57. The molecule has 5 heteroatoms. The number of benzene rings is 1. The van der Waals surface area contributed by atoms with Crippen LogP contribution in [0, 0.1) is 6.92 Å². The summed E-state index contributed by atoms with van der Waals surface area (Å²) in [4.78, 5) is 18.8. The summed E-state index contributed by atoms with van der Waals surface area (Å²) < 4.78 is 0. The van der Waals surface area contributed by atoms with Gasteiger partial charge in [-0.2, -0.15) is 0 Å². The Morgan fingerprint density at radius 1 is 1.26 bits per heavy atom. The molecule has 1 aliphatic heterocycles. The SMILES string of the molecule is CCNC(=NCCCN1CCCCCC1=O)NC1CC1c1ccccc1C. The van der Waals surface area contributed by atoms with Gasteiger partial charge in [0, 0.05) is 44.6 Å². The van der Waals surface area contributed by atoms with Gasteiger partial charge in [-0.25, -0.2) is 0 Å². The lowest BCUT2D eigenvalue weighted by Crippen LogP contribution is -2.39. The molecule has 2 atom stereocenters. The van der Waals surface area contributed by atoms with Crippen LogP contribution in [0.25, 0.3) is 0 Å². The molecule has 2 aliphatic rings. The van der Waals surface area contributed by atoms with Crippen LogP contribution in [0.5, 0.6) is 0 Å². The topological polar surface area (TPSA) is 56.7 Å². The smallest absolute Gasteiger partial charge is 0.222 e. The normalized spacial score (nSPS) is 23.1. The van der Waals surface area contributed by atoms with E-state index in [0.717, 1.165) is 64.2 Å². The third-order valence-corrected chi connectivity index (χ3v) is 5.57. The molecule has 1 amide bonds. The van der Waals surface area contributed by atoms with E-state index in [1.165, 1.54) is 17.5 Å². The summed E-state index contributed by atoms with van der Waals surface area (Å²) in [7, 11) is 0. The van der Waals surface area contributed by atoms with Crippen molar-refractivity contribution < 1.29 is 4.79 Å². The van der Waals surface area contributed by atoms with Gasteiger partial charge in [0.15, 0.2) is 5.96 Å². The molecule has 0 bridgehead atoms. The molecule has 0 spiro atoms. The largest absolute Gasteiger partial charge is 0.357 e. The highest BCUT2D eigenvalue weighted by molar-refractivity contribution is 5.80. The average Bonchev–Trinajstić information content (AvgIpc) is 3.44. The fraction of sp³-hybridized carbons (Fsp3) is 0.636. The van der Waals surface area contributed by atoms with Gasteiger partial charge < -0.3 is 15.5 Å². The lowest BCUT2D eigenvalue weighted by molar-refractivity contribution is -0.130. The Morgan fingerprint density at radius 3 is 2.93 bits per heavy atom. The van der Waals surface area contributed by atoms with Crippen LogP contribution in [-0.2, 0) is 4.79 Å². The summed E-state index contributed by atoms with van der Waals surface area (Å²) in [6.45, 7) is 7.64. The second kappa shape index (κ2) is 9.77. The predicted octanol–water partition coefficient (Wildman–Crippen LogP) is 3.20. The number of carbonyl (C=O) groups is 1. The molecule has 2 N–H and O–H groups in total. The Kier molecular flexibility index (Phi) is 7.13. The number of carbonyl (C=O) groups excluding carboxylic acids is 1. The van der Waals surface area contributed by atoms with Crippen molar-refractivity contribution in [3.05, 3.63) is 35.4 Å². The molecule has 1 aromatic carbocycles. The van der Waals surface area contributed by atoms with Crippen molar-refractivity contribution in [1.29, 1.82) is 0 Å². The second-order valence-electron chi connectivity index (χ2n) is 7.76. The molecule has 1 aliphatic carbocycles. The van der Waals surface area contributed by atoms with Crippen LogP contribution < -0.4 is 10.6 Å². The standard InChI is InChI=1S/C22H34N4O/c1-3-23-22(24-13-9-15-26-14-8-4-5-12-21(26)27)25-20-16-19(20)18-11-7-6-10-17(18)2/h6-7,10-11,19-20H,3-5,8-9,12-16H2,1-2H3,(H2,23,24,25). The van der Waals surface area contributed by atoms with Crippen LogP contribution in [0.1, 0.15) is 62.5 Å². The number of hydrogen-bond acceptors (Lipinski definition) is 2.